The largest absolute Gasteiger partial charge is 0.497 e. The zero-order chi connectivity index (χ0) is 21.7. The molecule has 0 spiro atoms. The minimum absolute atomic E-state index is 0.0741. The molecule has 30 heavy (non-hydrogen) atoms. The Morgan fingerprint density at radius 2 is 1.90 bits per heavy atom. The predicted molar refractivity (Wildman–Crippen MR) is 113 cm³/mol. The number of hydrogen-bond acceptors (Lipinski definition) is 5. The van der Waals surface area contributed by atoms with Gasteiger partial charge >= 0.3 is 0 Å². The first-order valence-corrected chi connectivity index (χ1v) is 11.0. The molecule has 0 saturated heterocycles. The maximum absolute atomic E-state index is 12.9. The van der Waals surface area contributed by atoms with Gasteiger partial charge in [0.25, 0.3) is 0 Å². The fraction of sp³-hybridized carbons (Fsp3) is 0.333. The Kier molecular flexibility index (Phi) is 6.73. The van der Waals surface area contributed by atoms with Crippen LogP contribution in [-0.2, 0) is 32.6 Å². The minimum atomic E-state index is -3.84. The summed E-state index contributed by atoms with van der Waals surface area (Å²) in [6.07, 6.45) is 1.68. The summed E-state index contributed by atoms with van der Waals surface area (Å²) in [5.74, 6) is 0.241. The molecule has 1 aliphatic rings. The molecule has 3 rings (SSSR count). The van der Waals surface area contributed by atoms with Crippen LogP contribution in [0.2, 0.25) is 0 Å². The van der Waals surface area contributed by atoms with Gasteiger partial charge in [0.15, 0.2) is 0 Å². The summed E-state index contributed by atoms with van der Waals surface area (Å²) < 4.78 is 31.9. The van der Waals surface area contributed by atoms with E-state index in [1.165, 1.54) is 13.1 Å². The van der Waals surface area contributed by atoms with E-state index < -0.39 is 15.9 Å². The number of carbonyl (C=O) groups is 2. The number of methoxy groups -OCH3 is 1. The van der Waals surface area contributed by atoms with Crippen molar-refractivity contribution in [3.63, 3.8) is 0 Å². The molecule has 2 N–H and O–H groups in total. The second-order valence-electron chi connectivity index (χ2n) is 7.11. The van der Waals surface area contributed by atoms with Gasteiger partial charge in [0.2, 0.25) is 21.8 Å². The molecule has 2 amide bonds. The summed E-state index contributed by atoms with van der Waals surface area (Å²) in [5.41, 5.74) is 2.29. The molecular formula is C21H25N3O5S. The number of aryl methyl sites for hydroxylation is 1. The standard InChI is InChI=1S/C21H25N3O5S/c1-24(14-21(26)22-13-15-6-8-17(29-2)9-7-15)30(27,28)18-10-11-19-16(12-18)4-3-5-20(25)23-19/h6-12H,3-5,13-14H2,1-2H3,(H,22,26)(H,23,25). The van der Waals surface area contributed by atoms with E-state index in [4.69, 9.17) is 4.74 Å². The van der Waals surface area contributed by atoms with Crippen molar-refractivity contribution < 1.29 is 22.7 Å². The van der Waals surface area contributed by atoms with E-state index in [2.05, 4.69) is 10.6 Å². The minimum Gasteiger partial charge on any atom is -0.497 e. The highest BCUT2D eigenvalue weighted by Gasteiger charge is 2.24. The lowest BCUT2D eigenvalue weighted by atomic mass is 10.1. The van der Waals surface area contributed by atoms with E-state index in [9.17, 15) is 18.0 Å². The highest BCUT2D eigenvalue weighted by Crippen LogP contribution is 2.26. The number of likely N-dealkylation sites (N-methyl/N-ethyl adjacent to an activating group) is 1. The summed E-state index contributed by atoms with van der Waals surface area (Å²) in [6.45, 7) is -0.0123. The van der Waals surface area contributed by atoms with Crippen molar-refractivity contribution in [2.75, 3.05) is 26.0 Å². The third-order valence-corrected chi connectivity index (χ3v) is 6.72. The second kappa shape index (κ2) is 9.27. The fourth-order valence-corrected chi connectivity index (χ4v) is 4.36. The zero-order valence-electron chi connectivity index (χ0n) is 17.0. The van der Waals surface area contributed by atoms with Crippen LogP contribution in [0.15, 0.2) is 47.4 Å². The number of nitrogens with one attached hydrogen (secondary N) is 2. The Balaban J connectivity index is 1.63. The SMILES string of the molecule is COc1ccc(CNC(=O)CN(C)S(=O)(=O)c2ccc3c(c2)CCCC(=O)N3)cc1. The Morgan fingerprint density at radius 1 is 1.17 bits per heavy atom. The topological polar surface area (TPSA) is 105 Å². The molecule has 0 atom stereocenters. The molecule has 9 heteroatoms. The lowest BCUT2D eigenvalue weighted by Crippen LogP contribution is -2.38. The number of ether oxygens (including phenoxy) is 1. The number of amides is 2. The molecule has 160 valence electrons. The van der Waals surface area contributed by atoms with Crippen molar-refractivity contribution in [2.24, 2.45) is 0 Å². The van der Waals surface area contributed by atoms with Crippen LogP contribution in [0.5, 0.6) is 5.75 Å². The number of sulfonamides is 1. The van der Waals surface area contributed by atoms with Crippen molar-refractivity contribution in [3.05, 3.63) is 53.6 Å². The third kappa shape index (κ3) is 5.17. The Bertz CT molecular complexity index is 1040. The number of hydrogen-bond donors (Lipinski definition) is 2. The molecule has 2 aromatic rings. The number of anilines is 1. The van der Waals surface area contributed by atoms with Crippen LogP contribution in [-0.4, -0.2) is 45.2 Å². The molecule has 0 unspecified atom stereocenters. The summed E-state index contributed by atoms with van der Waals surface area (Å²) in [5, 5.41) is 5.50. The molecule has 0 aliphatic carbocycles. The van der Waals surface area contributed by atoms with Gasteiger partial charge in [-0.15, -0.1) is 0 Å². The smallest absolute Gasteiger partial charge is 0.243 e. The van der Waals surface area contributed by atoms with Gasteiger partial charge in [-0.3, -0.25) is 9.59 Å². The van der Waals surface area contributed by atoms with Gasteiger partial charge in [-0.1, -0.05) is 12.1 Å². The van der Waals surface area contributed by atoms with Gasteiger partial charge in [0.05, 0.1) is 18.6 Å². The molecule has 0 radical (unpaired) electrons. The van der Waals surface area contributed by atoms with Crippen molar-refractivity contribution in [3.8, 4) is 5.75 Å². The van der Waals surface area contributed by atoms with Gasteiger partial charge in [-0.2, -0.15) is 4.31 Å². The lowest BCUT2D eigenvalue weighted by Gasteiger charge is -2.18. The average molecular weight is 432 g/mol. The number of benzene rings is 2. The molecule has 0 saturated carbocycles. The number of nitrogens with zero attached hydrogens (tertiary/aromatic N) is 1. The van der Waals surface area contributed by atoms with Crippen LogP contribution in [0.1, 0.15) is 24.0 Å². The van der Waals surface area contributed by atoms with Gasteiger partial charge in [0.1, 0.15) is 5.75 Å². The molecular weight excluding hydrogens is 406 g/mol. The molecule has 0 bridgehead atoms. The van der Waals surface area contributed by atoms with E-state index in [-0.39, 0.29) is 23.9 Å². The van der Waals surface area contributed by atoms with Gasteiger partial charge in [-0.25, -0.2) is 8.42 Å². The summed E-state index contributed by atoms with van der Waals surface area (Å²) in [7, 11) is -0.894. The molecule has 1 aliphatic heterocycles. The number of fused-ring (bicyclic) bond motifs is 1. The summed E-state index contributed by atoms with van der Waals surface area (Å²) in [4.78, 5) is 24.0. The monoisotopic (exact) mass is 431 g/mol. The first kappa shape index (κ1) is 21.8. The van der Waals surface area contributed by atoms with E-state index >= 15 is 0 Å². The highest BCUT2D eigenvalue weighted by molar-refractivity contribution is 7.89. The molecule has 0 aromatic heterocycles. The van der Waals surface area contributed by atoms with Gasteiger partial charge in [0, 0.05) is 25.7 Å². The normalized spacial score (nSPS) is 13.9. The summed E-state index contributed by atoms with van der Waals surface area (Å²) in [6, 6.07) is 11.9. The lowest BCUT2D eigenvalue weighted by molar-refractivity contribution is -0.121. The number of carbonyl (C=O) groups excluding carboxylic acids is 2. The van der Waals surface area contributed by atoms with Crippen molar-refractivity contribution in [1.29, 1.82) is 0 Å². The van der Waals surface area contributed by atoms with Crippen molar-refractivity contribution >= 4 is 27.5 Å². The second-order valence-corrected chi connectivity index (χ2v) is 9.15. The maximum Gasteiger partial charge on any atom is 0.243 e. The van der Waals surface area contributed by atoms with E-state index in [1.54, 1.807) is 31.4 Å². The Labute approximate surface area is 176 Å². The Morgan fingerprint density at radius 3 is 2.60 bits per heavy atom. The van der Waals surface area contributed by atoms with Crippen LogP contribution in [0.25, 0.3) is 0 Å². The van der Waals surface area contributed by atoms with Crippen molar-refractivity contribution in [1.82, 2.24) is 9.62 Å². The zero-order valence-corrected chi connectivity index (χ0v) is 17.8. The molecule has 8 nitrogen and oxygen atoms in total. The third-order valence-electron chi connectivity index (χ3n) is 4.92. The van der Waals surface area contributed by atoms with Crippen LogP contribution in [0, 0.1) is 0 Å². The number of rotatable bonds is 7. The van der Waals surface area contributed by atoms with Crippen LogP contribution in [0.3, 0.4) is 0 Å². The fourth-order valence-electron chi connectivity index (χ4n) is 3.18. The Hall–Kier alpha value is -2.91. The average Bonchev–Trinajstić information content (AvgIpc) is 2.92. The van der Waals surface area contributed by atoms with Crippen LogP contribution in [0.4, 0.5) is 5.69 Å². The van der Waals surface area contributed by atoms with Crippen LogP contribution < -0.4 is 15.4 Å². The quantitative estimate of drug-likeness (QED) is 0.697. The maximum atomic E-state index is 12.9. The van der Waals surface area contributed by atoms with Gasteiger partial charge < -0.3 is 15.4 Å². The van der Waals surface area contributed by atoms with E-state index in [0.29, 0.717) is 24.9 Å². The van der Waals surface area contributed by atoms with Crippen molar-refractivity contribution in [2.45, 2.75) is 30.7 Å². The molecule has 2 aromatic carbocycles. The first-order chi connectivity index (χ1) is 14.3. The summed E-state index contributed by atoms with van der Waals surface area (Å²) >= 11 is 0. The molecule has 1 heterocycles. The van der Waals surface area contributed by atoms with E-state index in [1.807, 2.05) is 12.1 Å². The van der Waals surface area contributed by atoms with E-state index in [0.717, 1.165) is 21.2 Å². The first-order valence-electron chi connectivity index (χ1n) is 9.58. The van der Waals surface area contributed by atoms with Crippen LogP contribution >= 0.6 is 0 Å². The predicted octanol–water partition coefficient (Wildman–Crippen LogP) is 1.91. The highest BCUT2D eigenvalue weighted by atomic mass is 32.2. The van der Waals surface area contributed by atoms with Gasteiger partial charge in [-0.05, 0) is 54.3 Å². The molecule has 0 fully saturated rings.